The van der Waals surface area contributed by atoms with Gasteiger partial charge in [-0.25, -0.2) is 4.39 Å². The number of hydrogen-bond donors (Lipinski definition) is 1. The van der Waals surface area contributed by atoms with Crippen LogP contribution in [-0.2, 0) is 0 Å². The highest BCUT2D eigenvalue weighted by atomic mass is 79.9. The predicted molar refractivity (Wildman–Crippen MR) is 68.8 cm³/mol. The van der Waals surface area contributed by atoms with Gasteiger partial charge in [0, 0.05) is 4.47 Å². The topological polar surface area (TPSA) is 12.0 Å². The van der Waals surface area contributed by atoms with E-state index in [1.54, 1.807) is 12.1 Å². The van der Waals surface area contributed by atoms with Crippen molar-refractivity contribution in [2.45, 2.75) is 19.3 Å². The molecule has 1 aromatic carbocycles. The molecule has 86 valence electrons. The normalized spacial score (nSPS) is 19.8. The largest absolute Gasteiger partial charge is 0.316 e. The smallest absolute Gasteiger partial charge is 0.123 e. The Balaban J connectivity index is 2.22. The summed E-state index contributed by atoms with van der Waals surface area (Å²) in [5, 5.41) is 3.36. The molecule has 0 spiro atoms. The minimum absolute atomic E-state index is 0.179. The molecule has 16 heavy (non-hydrogen) atoms. The Hall–Kier alpha value is -0.670. The molecular weight excluding hydrogens is 269 g/mol. The second-order valence-electron chi connectivity index (χ2n) is 4.07. The molecule has 1 aromatic rings. The summed E-state index contributed by atoms with van der Waals surface area (Å²) >= 11 is 3.45. The maximum Gasteiger partial charge on any atom is 0.123 e. The van der Waals surface area contributed by atoms with Crippen molar-refractivity contribution in [3.05, 3.63) is 39.6 Å². The first kappa shape index (κ1) is 11.8. The molecule has 0 amide bonds. The van der Waals surface area contributed by atoms with Gasteiger partial charge in [0.2, 0.25) is 0 Å². The first-order chi connectivity index (χ1) is 7.75. The summed E-state index contributed by atoms with van der Waals surface area (Å²) in [5.74, 6) is -0.179. The van der Waals surface area contributed by atoms with E-state index < -0.39 is 0 Å². The van der Waals surface area contributed by atoms with E-state index in [1.165, 1.54) is 18.1 Å². The molecule has 1 N–H and O–H groups in total. The van der Waals surface area contributed by atoms with E-state index in [-0.39, 0.29) is 5.82 Å². The van der Waals surface area contributed by atoms with Crippen molar-refractivity contribution >= 4 is 22.0 Å². The number of nitrogens with one attached hydrogen (secondary N) is 1. The Morgan fingerprint density at radius 3 is 3.00 bits per heavy atom. The maximum absolute atomic E-state index is 13.1. The Morgan fingerprint density at radius 1 is 1.25 bits per heavy atom. The van der Waals surface area contributed by atoms with Gasteiger partial charge in [-0.1, -0.05) is 27.6 Å². The summed E-state index contributed by atoms with van der Waals surface area (Å²) < 4.78 is 14.1. The van der Waals surface area contributed by atoms with Crippen LogP contribution in [0.25, 0.3) is 6.08 Å². The lowest BCUT2D eigenvalue weighted by molar-refractivity contribution is 0.627. The summed E-state index contributed by atoms with van der Waals surface area (Å²) in [7, 11) is 0. The lowest BCUT2D eigenvalue weighted by atomic mass is 10.0. The first-order valence-corrected chi connectivity index (χ1v) is 6.40. The number of rotatable bonds is 1. The molecule has 1 fully saturated rings. The Kier molecular flexibility index (Phi) is 4.13. The SMILES string of the molecule is Fc1ccc(Br)c(/C=C2/CCCNCC2)c1. The number of benzene rings is 1. The lowest BCUT2D eigenvalue weighted by Crippen LogP contribution is -2.13. The van der Waals surface area contributed by atoms with Crippen molar-refractivity contribution in [3.8, 4) is 0 Å². The molecule has 1 saturated heterocycles. The quantitative estimate of drug-likeness (QED) is 0.828. The maximum atomic E-state index is 13.1. The highest BCUT2D eigenvalue weighted by molar-refractivity contribution is 9.10. The minimum Gasteiger partial charge on any atom is -0.316 e. The third-order valence-electron chi connectivity index (χ3n) is 2.79. The van der Waals surface area contributed by atoms with Crippen molar-refractivity contribution in [1.82, 2.24) is 5.32 Å². The van der Waals surface area contributed by atoms with E-state index >= 15 is 0 Å². The number of hydrogen-bond acceptors (Lipinski definition) is 1. The Labute approximate surface area is 104 Å². The summed E-state index contributed by atoms with van der Waals surface area (Å²) in [5.41, 5.74) is 2.34. The molecule has 1 nitrogen and oxygen atoms in total. The van der Waals surface area contributed by atoms with Gasteiger partial charge in [0.1, 0.15) is 5.82 Å². The highest BCUT2D eigenvalue weighted by Crippen LogP contribution is 2.23. The van der Waals surface area contributed by atoms with Crippen molar-refractivity contribution in [1.29, 1.82) is 0 Å². The molecule has 1 heterocycles. The van der Waals surface area contributed by atoms with Crippen LogP contribution in [0.2, 0.25) is 0 Å². The van der Waals surface area contributed by atoms with E-state index in [0.29, 0.717) is 0 Å². The van der Waals surface area contributed by atoms with Gasteiger partial charge in [0.25, 0.3) is 0 Å². The third kappa shape index (κ3) is 3.16. The fourth-order valence-corrected chi connectivity index (χ4v) is 2.29. The van der Waals surface area contributed by atoms with Gasteiger partial charge < -0.3 is 5.32 Å². The zero-order chi connectivity index (χ0) is 11.4. The van der Waals surface area contributed by atoms with Gasteiger partial charge >= 0.3 is 0 Å². The zero-order valence-electron chi connectivity index (χ0n) is 9.10. The van der Waals surface area contributed by atoms with Gasteiger partial charge in [-0.2, -0.15) is 0 Å². The van der Waals surface area contributed by atoms with Crippen molar-refractivity contribution in [2.24, 2.45) is 0 Å². The van der Waals surface area contributed by atoms with Gasteiger partial charge in [-0.15, -0.1) is 0 Å². The van der Waals surface area contributed by atoms with Crippen LogP contribution in [0.1, 0.15) is 24.8 Å². The van der Waals surface area contributed by atoms with Crippen LogP contribution in [0.15, 0.2) is 28.2 Å². The van der Waals surface area contributed by atoms with Crippen molar-refractivity contribution < 1.29 is 4.39 Å². The Bertz CT molecular complexity index is 391. The van der Waals surface area contributed by atoms with Crippen molar-refractivity contribution in [3.63, 3.8) is 0 Å². The van der Waals surface area contributed by atoms with Gasteiger partial charge in [-0.05, 0) is 56.1 Å². The third-order valence-corrected chi connectivity index (χ3v) is 3.51. The fourth-order valence-electron chi connectivity index (χ4n) is 1.93. The molecule has 1 aliphatic heterocycles. The molecule has 0 unspecified atom stereocenters. The van der Waals surface area contributed by atoms with Crippen LogP contribution >= 0.6 is 15.9 Å². The van der Waals surface area contributed by atoms with Crippen molar-refractivity contribution in [2.75, 3.05) is 13.1 Å². The molecule has 3 heteroatoms. The first-order valence-electron chi connectivity index (χ1n) is 5.61. The second kappa shape index (κ2) is 5.60. The van der Waals surface area contributed by atoms with Crippen LogP contribution in [-0.4, -0.2) is 13.1 Å². The molecule has 0 aromatic heterocycles. The average molecular weight is 284 g/mol. The highest BCUT2D eigenvalue weighted by Gasteiger charge is 2.05. The van der Waals surface area contributed by atoms with E-state index in [9.17, 15) is 4.39 Å². The van der Waals surface area contributed by atoms with E-state index in [4.69, 9.17) is 0 Å². The van der Waals surface area contributed by atoms with Gasteiger partial charge in [-0.3, -0.25) is 0 Å². The van der Waals surface area contributed by atoms with Crippen LogP contribution in [0.5, 0.6) is 0 Å². The molecular formula is C13H15BrFN. The fraction of sp³-hybridized carbons (Fsp3) is 0.385. The van der Waals surface area contributed by atoms with Crippen LogP contribution in [0, 0.1) is 5.82 Å². The summed E-state index contributed by atoms with van der Waals surface area (Å²) in [6, 6.07) is 4.81. The van der Waals surface area contributed by atoms with E-state index in [0.717, 1.165) is 36.0 Å². The Morgan fingerprint density at radius 2 is 2.12 bits per heavy atom. The summed E-state index contributed by atoms with van der Waals surface area (Å²) in [6.45, 7) is 2.11. The second-order valence-corrected chi connectivity index (χ2v) is 4.93. The summed E-state index contributed by atoms with van der Waals surface area (Å²) in [6.07, 6.45) is 5.44. The minimum atomic E-state index is -0.179. The van der Waals surface area contributed by atoms with Crippen LogP contribution in [0.3, 0.4) is 0 Å². The number of halogens is 2. The van der Waals surface area contributed by atoms with Crippen LogP contribution < -0.4 is 5.32 Å². The molecule has 0 saturated carbocycles. The van der Waals surface area contributed by atoms with Crippen LogP contribution in [0.4, 0.5) is 4.39 Å². The lowest BCUT2D eigenvalue weighted by Gasteiger charge is -2.04. The average Bonchev–Trinajstić information content (AvgIpc) is 2.52. The van der Waals surface area contributed by atoms with E-state index in [1.807, 2.05) is 0 Å². The molecule has 0 radical (unpaired) electrons. The molecule has 1 aliphatic rings. The standard InChI is InChI=1S/C13H15BrFN/c14-13-4-3-12(15)9-11(13)8-10-2-1-6-16-7-5-10/h3-4,8-9,16H,1-2,5-7H2/b10-8-. The molecule has 0 bridgehead atoms. The predicted octanol–water partition coefficient (Wildman–Crippen LogP) is 3.75. The molecule has 0 atom stereocenters. The molecule has 2 rings (SSSR count). The van der Waals surface area contributed by atoms with Gasteiger partial charge in [0.05, 0.1) is 0 Å². The zero-order valence-corrected chi connectivity index (χ0v) is 10.7. The monoisotopic (exact) mass is 283 g/mol. The van der Waals surface area contributed by atoms with Gasteiger partial charge in [0.15, 0.2) is 0 Å². The van der Waals surface area contributed by atoms with E-state index in [2.05, 4.69) is 27.3 Å². The molecule has 0 aliphatic carbocycles. The summed E-state index contributed by atoms with van der Waals surface area (Å²) in [4.78, 5) is 0.